The fourth-order valence-corrected chi connectivity index (χ4v) is 3.45. The predicted molar refractivity (Wildman–Crippen MR) is 80.5 cm³/mol. The fourth-order valence-electron chi connectivity index (χ4n) is 3.45. The third-order valence-corrected chi connectivity index (χ3v) is 4.46. The van der Waals surface area contributed by atoms with Gasteiger partial charge in [0, 0.05) is 25.6 Å². The van der Waals surface area contributed by atoms with Gasteiger partial charge in [0.15, 0.2) is 0 Å². The normalized spacial score (nSPS) is 25.4. The van der Waals surface area contributed by atoms with Crippen molar-refractivity contribution >= 4 is 0 Å². The lowest BCUT2D eigenvalue weighted by Gasteiger charge is -2.49. The molecule has 3 heteroatoms. The molecule has 1 fully saturated rings. The van der Waals surface area contributed by atoms with Crippen LogP contribution in [0.15, 0.2) is 24.3 Å². The number of halogens is 1. The molecular formula is C17H26FNO. The Hall–Kier alpha value is -0.930. The predicted octanol–water partition coefficient (Wildman–Crippen LogP) is 3.51. The minimum Gasteiger partial charge on any atom is -0.383 e. The van der Waals surface area contributed by atoms with Gasteiger partial charge in [-0.05, 0) is 36.5 Å². The van der Waals surface area contributed by atoms with E-state index >= 15 is 0 Å². The van der Waals surface area contributed by atoms with E-state index in [-0.39, 0.29) is 11.2 Å². The Balaban J connectivity index is 2.00. The molecule has 1 N–H and O–H groups in total. The van der Waals surface area contributed by atoms with Crippen LogP contribution in [0.5, 0.6) is 0 Å². The number of methoxy groups -OCH3 is 1. The van der Waals surface area contributed by atoms with Crippen LogP contribution in [0.25, 0.3) is 0 Å². The monoisotopic (exact) mass is 279 g/mol. The van der Waals surface area contributed by atoms with Crippen LogP contribution >= 0.6 is 0 Å². The Bertz CT molecular complexity index is 398. The summed E-state index contributed by atoms with van der Waals surface area (Å²) in [6.45, 7) is 4.81. The summed E-state index contributed by atoms with van der Waals surface area (Å²) in [6, 6.07) is 7.07. The molecule has 0 radical (unpaired) electrons. The number of rotatable bonds is 8. The zero-order valence-corrected chi connectivity index (χ0v) is 12.6. The second kappa shape index (κ2) is 7.19. The van der Waals surface area contributed by atoms with Crippen molar-refractivity contribution in [1.29, 1.82) is 0 Å². The van der Waals surface area contributed by atoms with Gasteiger partial charge in [0.2, 0.25) is 0 Å². The Labute approximate surface area is 121 Å². The summed E-state index contributed by atoms with van der Waals surface area (Å²) >= 11 is 0. The third-order valence-electron chi connectivity index (χ3n) is 4.46. The molecule has 0 unspecified atom stereocenters. The van der Waals surface area contributed by atoms with Gasteiger partial charge >= 0.3 is 0 Å². The minimum absolute atomic E-state index is 0.152. The maximum absolute atomic E-state index is 13.1. The average molecular weight is 279 g/mol. The Morgan fingerprint density at radius 3 is 2.60 bits per heavy atom. The maximum atomic E-state index is 13.1. The molecule has 1 aliphatic rings. The van der Waals surface area contributed by atoms with Crippen LogP contribution in [0, 0.1) is 11.7 Å². The molecule has 0 amide bonds. The molecule has 1 aromatic carbocycles. The summed E-state index contributed by atoms with van der Waals surface area (Å²) in [4.78, 5) is 0. The lowest BCUT2D eigenvalue weighted by atomic mass is 9.57. The van der Waals surface area contributed by atoms with Gasteiger partial charge in [-0.3, -0.25) is 0 Å². The van der Waals surface area contributed by atoms with Crippen molar-refractivity contribution in [1.82, 2.24) is 5.32 Å². The van der Waals surface area contributed by atoms with E-state index in [1.54, 1.807) is 19.2 Å². The second-order valence-corrected chi connectivity index (χ2v) is 6.02. The average Bonchev–Trinajstić information content (AvgIpc) is 2.41. The van der Waals surface area contributed by atoms with E-state index in [4.69, 9.17) is 4.74 Å². The first-order valence-electron chi connectivity index (χ1n) is 7.66. The zero-order chi connectivity index (χ0) is 14.4. The maximum Gasteiger partial charge on any atom is 0.123 e. The highest BCUT2D eigenvalue weighted by Crippen LogP contribution is 2.49. The second-order valence-electron chi connectivity index (χ2n) is 6.02. The molecule has 0 aromatic heterocycles. The van der Waals surface area contributed by atoms with Crippen molar-refractivity contribution in [2.24, 2.45) is 5.92 Å². The van der Waals surface area contributed by atoms with E-state index in [1.807, 2.05) is 12.1 Å². The van der Waals surface area contributed by atoms with Crippen LogP contribution in [0.1, 0.15) is 38.2 Å². The topological polar surface area (TPSA) is 21.3 Å². The first-order chi connectivity index (χ1) is 9.70. The quantitative estimate of drug-likeness (QED) is 0.735. The standard InChI is InChI=1S/C17H26FNO/c1-3-4-14-11-17(12-14,13-19-9-10-20-2)15-5-7-16(18)8-6-15/h5-8,14,19H,3-4,9-13H2,1-2H3. The van der Waals surface area contributed by atoms with Gasteiger partial charge in [-0.2, -0.15) is 0 Å². The van der Waals surface area contributed by atoms with Crippen LogP contribution in [0.2, 0.25) is 0 Å². The van der Waals surface area contributed by atoms with E-state index in [0.29, 0.717) is 0 Å². The number of hydrogen-bond acceptors (Lipinski definition) is 2. The van der Waals surface area contributed by atoms with E-state index in [0.717, 1.165) is 25.6 Å². The number of ether oxygens (including phenoxy) is 1. The van der Waals surface area contributed by atoms with Crippen molar-refractivity contribution in [3.05, 3.63) is 35.6 Å². The summed E-state index contributed by atoms with van der Waals surface area (Å²) in [6.07, 6.45) is 4.99. The molecule has 0 aliphatic heterocycles. The zero-order valence-electron chi connectivity index (χ0n) is 12.6. The molecule has 20 heavy (non-hydrogen) atoms. The van der Waals surface area contributed by atoms with Gasteiger partial charge in [-0.1, -0.05) is 31.9 Å². The van der Waals surface area contributed by atoms with Crippen molar-refractivity contribution < 1.29 is 9.13 Å². The summed E-state index contributed by atoms with van der Waals surface area (Å²) < 4.78 is 18.2. The van der Waals surface area contributed by atoms with Gasteiger partial charge in [0.25, 0.3) is 0 Å². The lowest BCUT2D eigenvalue weighted by molar-refractivity contribution is 0.123. The van der Waals surface area contributed by atoms with Crippen molar-refractivity contribution in [2.45, 2.75) is 38.0 Å². The SMILES string of the molecule is CCCC1CC(CNCCOC)(c2ccc(F)cc2)C1. The largest absolute Gasteiger partial charge is 0.383 e. The molecule has 1 saturated carbocycles. The molecule has 2 nitrogen and oxygen atoms in total. The summed E-state index contributed by atoms with van der Waals surface area (Å²) in [5.74, 6) is 0.676. The highest BCUT2D eigenvalue weighted by molar-refractivity contribution is 5.30. The Morgan fingerprint density at radius 1 is 1.30 bits per heavy atom. The van der Waals surface area contributed by atoms with Gasteiger partial charge in [-0.15, -0.1) is 0 Å². The first kappa shape index (κ1) is 15.5. The highest BCUT2D eigenvalue weighted by atomic mass is 19.1. The first-order valence-corrected chi connectivity index (χ1v) is 7.66. The van der Waals surface area contributed by atoms with E-state index in [9.17, 15) is 4.39 Å². The van der Waals surface area contributed by atoms with Gasteiger partial charge in [-0.25, -0.2) is 4.39 Å². The fraction of sp³-hybridized carbons (Fsp3) is 0.647. The van der Waals surface area contributed by atoms with Crippen LogP contribution < -0.4 is 5.32 Å². The molecule has 1 aromatic rings. The summed E-state index contributed by atoms with van der Waals surface area (Å²) in [5.41, 5.74) is 1.47. The minimum atomic E-state index is -0.152. The summed E-state index contributed by atoms with van der Waals surface area (Å²) in [5, 5.41) is 3.49. The summed E-state index contributed by atoms with van der Waals surface area (Å²) in [7, 11) is 1.72. The molecule has 0 saturated heterocycles. The van der Waals surface area contributed by atoms with Gasteiger partial charge in [0.1, 0.15) is 5.82 Å². The van der Waals surface area contributed by atoms with Crippen LogP contribution in [0.4, 0.5) is 4.39 Å². The molecule has 0 spiro atoms. The van der Waals surface area contributed by atoms with Crippen molar-refractivity contribution in [3.63, 3.8) is 0 Å². The van der Waals surface area contributed by atoms with E-state index < -0.39 is 0 Å². The molecule has 0 heterocycles. The molecule has 0 bridgehead atoms. The number of benzene rings is 1. The Morgan fingerprint density at radius 2 is 2.00 bits per heavy atom. The lowest BCUT2D eigenvalue weighted by Crippen LogP contribution is -2.49. The molecule has 112 valence electrons. The Kier molecular flexibility index (Phi) is 5.55. The van der Waals surface area contributed by atoms with Crippen LogP contribution in [0.3, 0.4) is 0 Å². The van der Waals surface area contributed by atoms with E-state index in [2.05, 4.69) is 12.2 Å². The van der Waals surface area contributed by atoms with Crippen LogP contribution in [-0.4, -0.2) is 26.8 Å². The van der Waals surface area contributed by atoms with Gasteiger partial charge in [0.05, 0.1) is 6.61 Å². The highest BCUT2D eigenvalue weighted by Gasteiger charge is 2.44. The van der Waals surface area contributed by atoms with Crippen LogP contribution in [-0.2, 0) is 10.2 Å². The molecule has 0 atom stereocenters. The molecule has 1 aliphatic carbocycles. The third kappa shape index (κ3) is 3.58. The number of nitrogens with one attached hydrogen (secondary N) is 1. The van der Waals surface area contributed by atoms with E-state index in [1.165, 1.54) is 31.2 Å². The van der Waals surface area contributed by atoms with Gasteiger partial charge < -0.3 is 10.1 Å². The smallest absolute Gasteiger partial charge is 0.123 e. The van der Waals surface area contributed by atoms with Crippen molar-refractivity contribution in [3.8, 4) is 0 Å². The number of hydrogen-bond donors (Lipinski definition) is 1. The molecule has 2 rings (SSSR count). The molecular weight excluding hydrogens is 253 g/mol. The van der Waals surface area contributed by atoms with Crippen molar-refractivity contribution in [2.75, 3.05) is 26.8 Å².